The summed E-state index contributed by atoms with van der Waals surface area (Å²) in [4.78, 5) is 13.3. The number of aldehydes is 1. The van der Waals surface area contributed by atoms with Gasteiger partial charge in [-0.15, -0.1) is 0 Å². The van der Waals surface area contributed by atoms with Gasteiger partial charge in [0.15, 0.2) is 6.29 Å². The molecule has 22 heavy (non-hydrogen) atoms. The van der Waals surface area contributed by atoms with Crippen LogP contribution in [0.5, 0.6) is 5.75 Å². The van der Waals surface area contributed by atoms with Crippen LogP contribution in [0.2, 0.25) is 12.6 Å². The second-order valence-corrected chi connectivity index (χ2v) is 5.30. The first-order valence-corrected chi connectivity index (χ1v) is 7.23. The van der Waals surface area contributed by atoms with Crippen LogP contribution < -0.4 is 9.64 Å². The summed E-state index contributed by atoms with van der Waals surface area (Å²) >= 11 is 0. The fraction of sp³-hybridized carbons (Fsp3) is 0.467. The van der Waals surface area contributed by atoms with Crippen LogP contribution in [0.15, 0.2) is 12.1 Å². The number of aliphatic hydroxyl groups excluding tert-OH is 2. The molecule has 2 N–H and O–H groups in total. The molecule has 1 saturated heterocycles. The van der Waals surface area contributed by atoms with E-state index >= 15 is 0 Å². The molecule has 2 aliphatic rings. The van der Waals surface area contributed by atoms with Gasteiger partial charge < -0.3 is 19.8 Å². The molecule has 0 aliphatic carbocycles. The Morgan fingerprint density at radius 1 is 1.55 bits per heavy atom. The Morgan fingerprint density at radius 3 is 2.95 bits per heavy atom. The van der Waals surface area contributed by atoms with E-state index in [9.17, 15) is 9.90 Å². The van der Waals surface area contributed by atoms with Gasteiger partial charge in [-0.05, 0) is 30.3 Å². The number of ether oxygens (including phenoxy) is 1. The minimum absolute atomic E-state index is 0.0907. The molecule has 1 aromatic carbocycles. The van der Waals surface area contributed by atoms with Gasteiger partial charge in [0.05, 0.1) is 18.3 Å². The number of nitriles is 1. The van der Waals surface area contributed by atoms with Gasteiger partial charge in [0.2, 0.25) is 0 Å². The summed E-state index contributed by atoms with van der Waals surface area (Å²) in [5.41, 5.74) is 2.01. The Balaban J connectivity index is 0.000000847. The summed E-state index contributed by atoms with van der Waals surface area (Å²) in [5, 5.41) is 25.4. The minimum atomic E-state index is -0.166. The molecule has 6 nitrogen and oxygen atoms in total. The topological polar surface area (TPSA) is 93.8 Å². The highest BCUT2D eigenvalue weighted by Crippen LogP contribution is 2.39. The number of carbonyl (C=O) groups excluding carboxylic acids is 1. The number of anilines is 1. The summed E-state index contributed by atoms with van der Waals surface area (Å²) in [7, 11) is 1.00. The minimum Gasteiger partial charge on any atom is -0.489 e. The number of benzene rings is 1. The number of aliphatic hydroxyl groups is 2. The predicted octanol–water partition coefficient (Wildman–Crippen LogP) is 0.738. The van der Waals surface area contributed by atoms with Gasteiger partial charge in [0.1, 0.15) is 12.4 Å². The van der Waals surface area contributed by atoms with Crippen LogP contribution in [0.25, 0.3) is 0 Å². The molecule has 0 spiro atoms. The van der Waals surface area contributed by atoms with Crippen molar-refractivity contribution < 1.29 is 19.7 Å². The highest BCUT2D eigenvalue weighted by Gasteiger charge is 2.36. The monoisotopic (exact) mass is 302 g/mol. The third kappa shape index (κ3) is 2.94. The summed E-state index contributed by atoms with van der Waals surface area (Å²) in [6.45, 7) is 1.28. The van der Waals surface area contributed by atoms with Crippen LogP contribution in [0.3, 0.4) is 0 Å². The van der Waals surface area contributed by atoms with Crippen LogP contribution in [0, 0.1) is 11.2 Å². The Hall–Kier alpha value is -2.04. The smallest absolute Gasteiger partial charge is 0.271 e. The van der Waals surface area contributed by atoms with E-state index in [0.29, 0.717) is 23.5 Å². The van der Waals surface area contributed by atoms with Crippen LogP contribution in [0.4, 0.5) is 5.69 Å². The summed E-state index contributed by atoms with van der Waals surface area (Å²) < 4.78 is 5.74. The van der Waals surface area contributed by atoms with Gasteiger partial charge in [-0.3, -0.25) is 4.79 Å². The molecule has 1 aromatic rings. The van der Waals surface area contributed by atoms with Crippen molar-refractivity contribution in [3.63, 3.8) is 0 Å². The maximum atomic E-state index is 11.0. The van der Waals surface area contributed by atoms with E-state index in [1.165, 1.54) is 0 Å². The van der Waals surface area contributed by atoms with Crippen molar-refractivity contribution in [1.29, 1.82) is 5.26 Å². The number of nitrogens with zero attached hydrogens (tertiary/aromatic N) is 2. The van der Waals surface area contributed by atoms with Crippen molar-refractivity contribution in [3.05, 3.63) is 23.3 Å². The molecule has 0 saturated carbocycles. The Bertz CT molecular complexity index is 588. The Morgan fingerprint density at radius 2 is 2.32 bits per heavy atom. The molecular weight excluding hydrogens is 283 g/mol. The van der Waals surface area contributed by atoms with Crippen molar-refractivity contribution in [2.75, 3.05) is 25.2 Å². The van der Waals surface area contributed by atoms with Crippen LogP contribution in [-0.2, 0) is 6.61 Å². The average molecular weight is 302 g/mol. The van der Waals surface area contributed by atoms with Crippen LogP contribution in [0.1, 0.15) is 15.9 Å². The second-order valence-electron chi connectivity index (χ2n) is 5.30. The summed E-state index contributed by atoms with van der Waals surface area (Å²) in [6, 6.07) is 3.73. The van der Waals surface area contributed by atoms with E-state index in [1.54, 1.807) is 6.07 Å². The van der Waals surface area contributed by atoms with Gasteiger partial charge in [-0.25, -0.2) is 5.26 Å². The maximum absolute atomic E-state index is 11.0. The average Bonchev–Trinajstić information content (AvgIpc) is 2.61. The Labute approximate surface area is 130 Å². The molecule has 116 valence electrons. The third-order valence-corrected chi connectivity index (χ3v) is 4.16. The fourth-order valence-corrected chi connectivity index (χ4v) is 3.04. The molecule has 1 fully saturated rings. The highest BCUT2D eigenvalue weighted by atomic mass is 16.5. The molecule has 2 heterocycles. The zero-order valence-electron chi connectivity index (χ0n) is 12.5. The van der Waals surface area contributed by atoms with E-state index in [4.69, 9.17) is 15.1 Å². The fourth-order valence-electron chi connectivity index (χ4n) is 3.04. The lowest BCUT2D eigenvalue weighted by atomic mass is 9.43. The molecule has 1 atom stereocenters. The van der Waals surface area contributed by atoms with Gasteiger partial charge in [0, 0.05) is 25.2 Å². The lowest BCUT2D eigenvalue weighted by molar-refractivity contribution is 0.112. The highest BCUT2D eigenvalue weighted by molar-refractivity contribution is 6.67. The molecule has 1 unspecified atom stereocenters. The van der Waals surface area contributed by atoms with E-state index in [1.807, 2.05) is 6.07 Å². The molecule has 3 rings (SSSR count). The van der Waals surface area contributed by atoms with Gasteiger partial charge >= 0.3 is 0 Å². The van der Waals surface area contributed by atoms with E-state index in [2.05, 4.69) is 10.9 Å². The quantitative estimate of drug-likeness (QED) is 0.618. The van der Waals surface area contributed by atoms with Crippen molar-refractivity contribution in [1.82, 2.24) is 0 Å². The third-order valence-electron chi connectivity index (χ3n) is 4.16. The molecule has 0 radical (unpaired) electrons. The second kappa shape index (κ2) is 7.30. The molecule has 0 bridgehead atoms. The van der Waals surface area contributed by atoms with Crippen molar-refractivity contribution in [2.24, 2.45) is 0 Å². The number of carbonyl (C=O) groups is 1. The molecule has 0 aromatic heterocycles. The van der Waals surface area contributed by atoms with Crippen LogP contribution >= 0.6 is 0 Å². The molecular formula is C15H19BN2O4. The summed E-state index contributed by atoms with van der Waals surface area (Å²) in [5.74, 6) is 3.02. The first-order chi connectivity index (χ1) is 10.8. The van der Waals surface area contributed by atoms with Crippen molar-refractivity contribution >= 4 is 18.7 Å². The van der Waals surface area contributed by atoms with Gasteiger partial charge in [0.25, 0.3) is 6.71 Å². The largest absolute Gasteiger partial charge is 0.489 e. The number of hydrogen-bond acceptors (Lipinski definition) is 6. The standard InChI is InChI=1S/C14H15BN2O3.CH4O/c16-9-15-1-2-17-12(5-15)8-20-14-4-11(7-19)10(6-18)3-13(14)17;1-2/h3-4,7,12,18H,1-2,5-6,8H2;2H,1H3. The Kier molecular flexibility index (Phi) is 5.42. The van der Waals surface area contributed by atoms with Gasteiger partial charge in [-0.1, -0.05) is 0 Å². The van der Waals surface area contributed by atoms with Crippen LogP contribution in [-0.4, -0.2) is 49.5 Å². The first-order valence-electron chi connectivity index (χ1n) is 7.23. The lowest BCUT2D eigenvalue weighted by Gasteiger charge is -2.42. The van der Waals surface area contributed by atoms with Gasteiger partial charge in [-0.2, -0.15) is 0 Å². The number of rotatable bonds is 2. The molecule has 7 heteroatoms. The van der Waals surface area contributed by atoms with Crippen molar-refractivity contribution in [3.8, 4) is 11.7 Å². The van der Waals surface area contributed by atoms with E-state index in [0.717, 1.165) is 38.3 Å². The zero-order valence-corrected chi connectivity index (χ0v) is 12.5. The van der Waals surface area contributed by atoms with Crippen molar-refractivity contribution in [2.45, 2.75) is 25.3 Å². The molecule has 2 aliphatic heterocycles. The normalized spacial score (nSPS) is 18.9. The number of fused-ring (bicyclic) bond motifs is 3. The zero-order chi connectivity index (χ0) is 16.1. The molecule has 0 amide bonds. The lowest BCUT2D eigenvalue weighted by Crippen LogP contribution is -2.50. The summed E-state index contributed by atoms with van der Waals surface area (Å²) in [6.07, 6.45) is 2.39. The predicted molar refractivity (Wildman–Crippen MR) is 83.5 cm³/mol. The SMILES string of the molecule is CO.N#CB1CCN2c3cc(CO)c(C=O)cc3OCC2C1. The van der Waals surface area contributed by atoms with E-state index in [-0.39, 0.29) is 19.4 Å². The first kappa shape index (κ1) is 16.3. The maximum Gasteiger partial charge on any atom is 0.271 e. The number of hydrogen-bond donors (Lipinski definition) is 2. The van der Waals surface area contributed by atoms with E-state index < -0.39 is 0 Å².